The Morgan fingerprint density at radius 1 is 1.31 bits per heavy atom. The topological polar surface area (TPSA) is 0 Å². The summed E-state index contributed by atoms with van der Waals surface area (Å²) in [4.78, 5) is 1.10. The van der Waals surface area contributed by atoms with Crippen LogP contribution >= 0.6 is 15.9 Å². The number of unbranched alkanes of at least 4 members (excludes halogenated alkanes) is 1. The van der Waals surface area contributed by atoms with Crippen molar-refractivity contribution in [2.75, 3.05) is 5.33 Å². The molecule has 1 saturated heterocycles. The second-order valence-corrected chi connectivity index (χ2v) is 9.59. The predicted octanol–water partition coefficient (Wildman–Crippen LogP) is 1.23. The van der Waals surface area contributed by atoms with Gasteiger partial charge in [0.1, 0.15) is 0 Å². The second kappa shape index (κ2) is 8.76. The summed E-state index contributed by atoms with van der Waals surface area (Å²) >= 11 is 3.55. The van der Waals surface area contributed by atoms with Crippen molar-refractivity contribution in [2.45, 2.75) is 54.5 Å². The SMILES string of the molecule is CCCCC(CBr)[Se+]1CCCC1.[Br-]. The van der Waals surface area contributed by atoms with Crippen molar-refractivity contribution in [3.05, 3.63) is 0 Å². The van der Waals surface area contributed by atoms with Crippen LogP contribution in [-0.4, -0.2) is 19.2 Å². The predicted molar refractivity (Wildman–Crippen MR) is 61.7 cm³/mol. The maximum atomic E-state index is 3.69. The van der Waals surface area contributed by atoms with Crippen LogP contribution in [0.1, 0.15) is 39.0 Å². The summed E-state index contributed by atoms with van der Waals surface area (Å²) in [5.74, 6) is 0. The molecule has 0 spiro atoms. The first-order chi connectivity index (χ1) is 5.88. The number of halogens is 2. The van der Waals surface area contributed by atoms with Crippen molar-refractivity contribution < 1.29 is 17.0 Å². The smallest absolute Gasteiger partial charge is 1.00 e. The fraction of sp³-hybridized carbons (Fsp3) is 1.00. The average Bonchev–Trinajstić information content (AvgIpc) is 2.59. The molecule has 1 rings (SSSR count). The fourth-order valence-electron chi connectivity index (χ4n) is 1.78. The molecule has 0 aliphatic carbocycles. The van der Waals surface area contributed by atoms with Crippen LogP contribution in [0.3, 0.4) is 0 Å². The van der Waals surface area contributed by atoms with Gasteiger partial charge in [-0.25, -0.2) is 0 Å². The summed E-state index contributed by atoms with van der Waals surface area (Å²) in [6, 6.07) is 0. The first-order valence-corrected chi connectivity index (χ1v) is 9.64. The largest absolute Gasteiger partial charge is 1.00 e. The third kappa shape index (κ3) is 5.20. The van der Waals surface area contributed by atoms with Crippen LogP contribution in [0, 0.1) is 0 Å². The number of hydrogen-bond donors (Lipinski definition) is 0. The van der Waals surface area contributed by atoms with Gasteiger partial charge in [0.15, 0.2) is 0 Å². The van der Waals surface area contributed by atoms with Gasteiger partial charge in [0.25, 0.3) is 0 Å². The first kappa shape index (κ1) is 14.5. The molecule has 3 heteroatoms. The third-order valence-electron chi connectivity index (χ3n) is 2.59. The van der Waals surface area contributed by atoms with Gasteiger partial charge in [-0.15, -0.1) is 0 Å². The van der Waals surface area contributed by atoms with E-state index in [1.54, 1.807) is 23.5 Å². The third-order valence-corrected chi connectivity index (χ3v) is 10.6. The summed E-state index contributed by atoms with van der Waals surface area (Å²) in [5, 5.41) is 4.54. The molecule has 0 radical (unpaired) electrons. The molecule has 1 aliphatic rings. The normalized spacial score (nSPS) is 19.8. The van der Waals surface area contributed by atoms with Gasteiger partial charge in [-0.1, -0.05) is 0 Å². The molecule has 0 aromatic carbocycles. The summed E-state index contributed by atoms with van der Waals surface area (Å²) < 4.78 is 0. The van der Waals surface area contributed by atoms with Crippen molar-refractivity contribution in [3.8, 4) is 0 Å². The molecule has 1 aliphatic heterocycles. The van der Waals surface area contributed by atoms with Crippen LogP contribution in [0.4, 0.5) is 0 Å². The average molecular weight is 379 g/mol. The Morgan fingerprint density at radius 2 is 1.92 bits per heavy atom. The minimum Gasteiger partial charge on any atom is -1.00 e. The summed E-state index contributed by atoms with van der Waals surface area (Å²) in [6.45, 7) is 2.31. The number of rotatable bonds is 5. The van der Waals surface area contributed by atoms with E-state index in [1.165, 1.54) is 24.6 Å². The molecule has 0 N–H and O–H groups in total. The molecule has 0 saturated carbocycles. The van der Waals surface area contributed by atoms with Crippen LogP contribution in [0.25, 0.3) is 0 Å². The summed E-state index contributed by atoms with van der Waals surface area (Å²) in [7, 11) is 0. The van der Waals surface area contributed by atoms with Gasteiger partial charge in [-0.2, -0.15) is 0 Å². The van der Waals surface area contributed by atoms with Crippen LogP contribution in [-0.2, 0) is 0 Å². The van der Waals surface area contributed by atoms with Crippen LogP contribution in [0.2, 0.25) is 15.5 Å². The Balaban J connectivity index is 0.00000144. The van der Waals surface area contributed by atoms with E-state index in [1.807, 2.05) is 0 Å². The first-order valence-electron chi connectivity index (χ1n) is 5.10. The van der Waals surface area contributed by atoms with E-state index in [9.17, 15) is 0 Å². The van der Waals surface area contributed by atoms with Gasteiger partial charge in [0, 0.05) is 0 Å². The van der Waals surface area contributed by atoms with Gasteiger partial charge in [-0.3, -0.25) is 0 Å². The molecule has 1 heterocycles. The van der Waals surface area contributed by atoms with E-state index in [0.29, 0.717) is 0 Å². The van der Waals surface area contributed by atoms with Crippen LogP contribution in [0.5, 0.6) is 0 Å². The van der Waals surface area contributed by atoms with Gasteiger partial charge in [0.05, 0.1) is 0 Å². The summed E-state index contributed by atoms with van der Waals surface area (Å²) in [5.41, 5.74) is 0. The zero-order chi connectivity index (χ0) is 8.81. The Bertz CT molecular complexity index is 113. The number of alkyl halides is 1. The quantitative estimate of drug-likeness (QED) is 0.498. The number of hydrogen-bond acceptors (Lipinski definition) is 0. The molecule has 1 atom stereocenters. The van der Waals surface area contributed by atoms with E-state index >= 15 is 0 Å². The van der Waals surface area contributed by atoms with E-state index in [0.717, 1.165) is 4.82 Å². The van der Waals surface area contributed by atoms with Crippen molar-refractivity contribution in [1.82, 2.24) is 0 Å². The second-order valence-electron chi connectivity index (χ2n) is 3.57. The van der Waals surface area contributed by atoms with Gasteiger partial charge in [0.2, 0.25) is 0 Å². The van der Waals surface area contributed by atoms with Crippen molar-refractivity contribution in [2.24, 2.45) is 0 Å². The minimum absolute atomic E-state index is 0. The molecule has 1 unspecified atom stereocenters. The Kier molecular flexibility index (Phi) is 9.76. The van der Waals surface area contributed by atoms with E-state index < -0.39 is 0 Å². The van der Waals surface area contributed by atoms with Crippen LogP contribution in [0.15, 0.2) is 0 Å². The van der Waals surface area contributed by atoms with E-state index in [-0.39, 0.29) is 30.9 Å². The zero-order valence-electron chi connectivity index (χ0n) is 8.40. The molecule has 0 bridgehead atoms. The van der Waals surface area contributed by atoms with Crippen molar-refractivity contribution >= 4 is 29.8 Å². The monoisotopic (exact) mass is 378 g/mol. The molecule has 80 valence electrons. The van der Waals surface area contributed by atoms with Crippen molar-refractivity contribution in [1.29, 1.82) is 0 Å². The molecule has 13 heavy (non-hydrogen) atoms. The van der Waals surface area contributed by atoms with Gasteiger partial charge < -0.3 is 17.0 Å². The minimum atomic E-state index is -0.142. The Hall–Kier alpha value is 1.48. The molecular formula is C10H20Br2Se. The maximum Gasteiger partial charge on any atom is -1.00 e. The van der Waals surface area contributed by atoms with E-state index in [2.05, 4.69) is 22.9 Å². The van der Waals surface area contributed by atoms with Gasteiger partial charge >= 0.3 is 89.6 Å². The molecule has 1 fully saturated rings. The maximum absolute atomic E-state index is 3.69. The Morgan fingerprint density at radius 3 is 2.38 bits per heavy atom. The molecule has 0 aromatic rings. The zero-order valence-corrected chi connectivity index (χ0v) is 13.3. The van der Waals surface area contributed by atoms with E-state index in [4.69, 9.17) is 0 Å². The van der Waals surface area contributed by atoms with Crippen LogP contribution < -0.4 is 17.0 Å². The molecule has 0 nitrogen and oxygen atoms in total. The summed E-state index contributed by atoms with van der Waals surface area (Å²) in [6.07, 6.45) is 7.42. The molecule has 0 amide bonds. The molecular weight excluding hydrogens is 359 g/mol. The van der Waals surface area contributed by atoms with Crippen molar-refractivity contribution in [3.63, 3.8) is 0 Å². The standard InChI is InChI=1S/C10H20BrSe.BrH/c1-2-3-6-10(9-11)12-7-4-5-8-12;/h10H,2-9H2,1H3;1H/q+1;/p-1. The Labute approximate surface area is 106 Å². The van der Waals surface area contributed by atoms with Gasteiger partial charge in [-0.05, 0) is 0 Å². The molecule has 0 aromatic heterocycles. The fourth-order valence-corrected chi connectivity index (χ4v) is 9.70.